The molecule has 1 aromatic carbocycles. The second kappa shape index (κ2) is 7.57. The molecule has 0 spiro atoms. The quantitative estimate of drug-likeness (QED) is 0.681. The number of alkyl halides is 3. The summed E-state index contributed by atoms with van der Waals surface area (Å²) in [5.41, 5.74) is 0.362. The van der Waals surface area contributed by atoms with Gasteiger partial charge in [-0.25, -0.2) is 0 Å². The van der Waals surface area contributed by atoms with Gasteiger partial charge in [-0.2, -0.15) is 13.2 Å². The van der Waals surface area contributed by atoms with Crippen LogP contribution < -0.4 is 4.74 Å². The van der Waals surface area contributed by atoms with Crippen molar-refractivity contribution < 1.29 is 17.9 Å². The molecule has 0 aliphatic heterocycles. The van der Waals surface area contributed by atoms with Crippen molar-refractivity contribution in [2.75, 3.05) is 20.6 Å². The molecule has 0 saturated heterocycles. The Morgan fingerprint density at radius 3 is 2.42 bits per heavy atom. The molecule has 0 saturated carbocycles. The average Bonchev–Trinajstić information content (AvgIpc) is 2.81. The van der Waals surface area contributed by atoms with Gasteiger partial charge in [0.25, 0.3) is 0 Å². The van der Waals surface area contributed by atoms with Crippen LogP contribution in [0.25, 0.3) is 0 Å². The summed E-state index contributed by atoms with van der Waals surface area (Å²) in [6, 6.07) is 7.15. The number of rotatable bonds is 6. The average molecular weight is 357 g/mol. The molecular formula is C18H22F3NOS. The fourth-order valence-electron chi connectivity index (χ4n) is 2.53. The maximum absolute atomic E-state index is 12.9. The minimum absolute atomic E-state index is 0.247. The Morgan fingerprint density at radius 1 is 1.17 bits per heavy atom. The molecule has 2 rings (SSSR count). The maximum Gasteiger partial charge on any atom is 0.416 e. The Hall–Kier alpha value is -1.53. The minimum Gasteiger partial charge on any atom is -0.486 e. The molecule has 0 aliphatic rings. The molecule has 0 radical (unpaired) electrons. The maximum atomic E-state index is 12.9. The molecule has 0 bridgehead atoms. The summed E-state index contributed by atoms with van der Waals surface area (Å²) in [5, 5.41) is 0. The molecule has 2 nitrogen and oxygen atoms in total. The standard InChI is InChI=1S/C18H22F3NOS/c1-12-10-16(13(2)24-12)17(8-9-22(3)4)23-15-7-5-6-14(11-15)18(19,20)21/h5-7,10-11,17H,8-9H2,1-4H3. The number of hydrogen-bond donors (Lipinski definition) is 0. The number of hydrogen-bond acceptors (Lipinski definition) is 3. The van der Waals surface area contributed by atoms with E-state index in [0.717, 1.165) is 29.1 Å². The van der Waals surface area contributed by atoms with E-state index in [1.807, 2.05) is 32.8 Å². The summed E-state index contributed by atoms with van der Waals surface area (Å²) in [7, 11) is 3.93. The lowest BCUT2D eigenvalue weighted by Gasteiger charge is -2.22. The van der Waals surface area contributed by atoms with Crippen molar-refractivity contribution in [3.05, 3.63) is 51.2 Å². The largest absolute Gasteiger partial charge is 0.486 e. The molecule has 0 amide bonds. The number of halogens is 3. The normalized spacial score (nSPS) is 13.3. The molecule has 1 heterocycles. The predicted molar refractivity (Wildman–Crippen MR) is 91.8 cm³/mol. The SMILES string of the molecule is Cc1cc(C(CCN(C)C)Oc2cccc(C(F)(F)F)c2)c(C)s1. The Morgan fingerprint density at radius 2 is 1.88 bits per heavy atom. The zero-order chi connectivity index (χ0) is 17.9. The van der Waals surface area contributed by atoms with E-state index in [4.69, 9.17) is 4.74 Å². The van der Waals surface area contributed by atoms with Gasteiger partial charge >= 0.3 is 6.18 Å². The lowest BCUT2D eigenvalue weighted by Crippen LogP contribution is -2.19. The highest BCUT2D eigenvalue weighted by Crippen LogP contribution is 2.35. The van der Waals surface area contributed by atoms with E-state index in [2.05, 4.69) is 6.07 Å². The number of benzene rings is 1. The fraction of sp³-hybridized carbons (Fsp3) is 0.444. The van der Waals surface area contributed by atoms with Gasteiger partial charge < -0.3 is 9.64 Å². The van der Waals surface area contributed by atoms with Crippen LogP contribution in [0, 0.1) is 13.8 Å². The lowest BCUT2D eigenvalue weighted by atomic mass is 10.1. The van der Waals surface area contributed by atoms with E-state index in [1.165, 1.54) is 10.9 Å². The van der Waals surface area contributed by atoms with Crippen molar-refractivity contribution >= 4 is 11.3 Å². The molecule has 0 fully saturated rings. The summed E-state index contributed by atoms with van der Waals surface area (Å²) < 4.78 is 44.6. The van der Waals surface area contributed by atoms with Crippen molar-refractivity contribution in [1.29, 1.82) is 0 Å². The molecule has 6 heteroatoms. The first kappa shape index (κ1) is 18.8. The van der Waals surface area contributed by atoms with Crippen LogP contribution in [0.3, 0.4) is 0 Å². The molecule has 2 aromatic rings. The summed E-state index contributed by atoms with van der Waals surface area (Å²) in [4.78, 5) is 4.35. The van der Waals surface area contributed by atoms with E-state index >= 15 is 0 Å². The molecule has 0 aliphatic carbocycles. The van der Waals surface area contributed by atoms with Crippen molar-refractivity contribution in [3.8, 4) is 5.75 Å². The van der Waals surface area contributed by atoms with Gasteiger partial charge in [0.15, 0.2) is 0 Å². The van der Waals surface area contributed by atoms with Gasteiger partial charge in [0.1, 0.15) is 11.9 Å². The zero-order valence-corrected chi connectivity index (χ0v) is 15.1. The molecule has 0 N–H and O–H groups in total. The van der Waals surface area contributed by atoms with Crippen LogP contribution >= 0.6 is 11.3 Å². The second-order valence-corrected chi connectivity index (χ2v) is 7.55. The van der Waals surface area contributed by atoms with E-state index in [0.29, 0.717) is 6.42 Å². The predicted octanol–water partition coefficient (Wildman–Crippen LogP) is 5.46. The van der Waals surface area contributed by atoms with Crippen molar-refractivity contribution in [3.63, 3.8) is 0 Å². The highest BCUT2D eigenvalue weighted by atomic mass is 32.1. The van der Waals surface area contributed by atoms with Gasteiger partial charge in [-0.3, -0.25) is 0 Å². The number of aryl methyl sites for hydroxylation is 2. The lowest BCUT2D eigenvalue weighted by molar-refractivity contribution is -0.137. The van der Waals surface area contributed by atoms with Crippen LogP contribution in [0.2, 0.25) is 0 Å². The van der Waals surface area contributed by atoms with E-state index in [-0.39, 0.29) is 11.9 Å². The summed E-state index contributed by atoms with van der Waals surface area (Å²) in [6.07, 6.45) is -3.92. The number of ether oxygens (including phenoxy) is 1. The van der Waals surface area contributed by atoms with Crippen LogP contribution in [-0.4, -0.2) is 25.5 Å². The van der Waals surface area contributed by atoms with Crippen molar-refractivity contribution in [1.82, 2.24) is 4.90 Å². The number of thiophene rings is 1. The third-order valence-corrected chi connectivity index (χ3v) is 4.69. The Labute approximate surface area is 144 Å². The zero-order valence-electron chi connectivity index (χ0n) is 14.3. The Balaban J connectivity index is 2.27. The first-order valence-electron chi connectivity index (χ1n) is 7.72. The second-order valence-electron chi connectivity index (χ2n) is 6.09. The molecule has 24 heavy (non-hydrogen) atoms. The van der Waals surface area contributed by atoms with Gasteiger partial charge in [0.2, 0.25) is 0 Å². The summed E-state index contributed by atoms with van der Waals surface area (Å²) in [5.74, 6) is 0.247. The highest BCUT2D eigenvalue weighted by Gasteiger charge is 2.31. The van der Waals surface area contributed by atoms with Gasteiger partial charge in [-0.15, -0.1) is 11.3 Å². The van der Waals surface area contributed by atoms with Gasteiger partial charge in [-0.05, 0) is 52.2 Å². The Kier molecular flexibility index (Phi) is 5.93. The van der Waals surface area contributed by atoms with Gasteiger partial charge in [0.05, 0.1) is 5.56 Å². The highest BCUT2D eigenvalue weighted by molar-refractivity contribution is 7.12. The third kappa shape index (κ3) is 4.98. The molecule has 1 unspecified atom stereocenters. The van der Waals surface area contributed by atoms with E-state index in [1.54, 1.807) is 17.4 Å². The van der Waals surface area contributed by atoms with Gasteiger partial charge in [-0.1, -0.05) is 6.07 Å². The first-order valence-corrected chi connectivity index (χ1v) is 8.54. The summed E-state index contributed by atoms with van der Waals surface area (Å²) >= 11 is 1.68. The van der Waals surface area contributed by atoms with Crippen LogP contribution in [0.1, 0.15) is 33.4 Å². The monoisotopic (exact) mass is 357 g/mol. The van der Waals surface area contributed by atoms with Crippen molar-refractivity contribution in [2.45, 2.75) is 32.5 Å². The topological polar surface area (TPSA) is 12.5 Å². The smallest absolute Gasteiger partial charge is 0.416 e. The molecular weight excluding hydrogens is 335 g/mol. The van der Waals surface area contributed by atoms with Crippen LogP contribution in [0.4, 0.5) is 13.2 Å². The van der Waals surface area contributed by atoms with E-state index in [9.17, 15) is 13.2 Å². The summed E-state index contributed by atoms with van der Waals surface area (Å²) in [6.45, 7) is 4.83. The van der Waals surface area contributed by atoms with Crippen LogP contribution in [0.5, 0.6) is 5.75 Å². The molecule has 1 aromatic heterocycles. The third-order valence-electron chi connectivity index (χ3n) is 3.70. The van der Waals surface area contributed by atoms with Crippen LogP contribution in [0.15, 0.2) is 30.3 Å². The van der Waals surface area contributed by atoms with Crippen LogP contribution in [-0.2, 0) is 6.18 Å². The Bertz CT molecular complexity index is 679. The van der Waals surface area contributed by atoms with E-state index < -0.39 is 11.7 Å². The minimum atomic E-state index is -4.37. The van der Waals surface area contributed by atoms with Crippen molar-refractivity contribution in [2.24, 2.45) is 0 Å². The molecule has 1 atom stereocenters. The first-order chi connectivity index (χ1) is 11.2. The van der Waals surface area contributed by atoms with Gasteiger partial charge in [0, 0.05) is 28.3 Å². The number of nitrogens with zero attached hydrogens (tertiary/aromatic N) is 1. The fourth-order valence-corrected chi connectivity index (χ4v) is 3.51. The molecule has 132 valence electrons.